The van der Waals surface area contributed by atoms with Crippen molar-refractivity contribution in [1.29, 1.82) is 0 Å². The van der Waals surface area contributed by atoms with Crippen LogP contribution in [0.5, 0.6) is 0 Å². The van der Waals surface area contributed by atoms with Crippen LogP contribution in [0.1, 0.15) is 15.9 Å². The van der Waals surface area contributed by atoms with E-state index in [1.807, 2.05) is 30.3 Å². The Bertz CT molecular complexity index is 629. The fourth-order valence-electron chi connectivity index (χ4n) is 1.79. The summed E-state index contributed by atoms with van der Waals surface area (Å²) in [6.07, 6.45) is 0. The van der Waals surface area contributed by atoms with Crippen LogP contribution in [-0.2, 0) is 11.3 Å². The summed E-state index contributed by atoms with van der Waals surface area (Å²) in [5, 5.41) is 3.26. The number of ether oxygens (including phenoxy) is 1. The number of nitrogens with two attached hydrogens (primary N) is 1. The van der Waals surface area contributed by atoms with E-state index in [1.165, 1.54) is 7.11 Å². The number of benzene rings is 2. The number of carbonyl (C=O) groups is 1. The van der Waals surface area contributed by atoms with Gasteiger partial charge in [-0.05, 0) is 29.8 Å². The van der Waals surface area contributed by atoms with Crippen molar-refractivity contribution in [3.05, 3.63) is 58.1 Å². The molecule has 0 atom stereocenters. The molecule has 0 aliphatic heterocycles. The summed E-state index contributed by atoms with van der Waals surface area (Å²) in [5.41, 5.74) is 8.48. The average Bonchev–Trinajstić information content (AvgIpc) is 2.47. The highest BCUT2D eigenvalue weighted by molar-refractivity contribution is 9.10. The topological polar surface area (TPSA) is 64.3 Å². The molecule has 0 radical (unpaired) electrons. The minimum Gasteiger partial charge on any atom is -0.465 e. The monoisotopic (exact) mass is 334 g/mol. The molecule has 3 N–H and O–H groups in total. The number of anilines is 2. The first-order chi connectivity index (χ1) is 9.61. The second-order valence-electron chi connectivity index (χ2n) is 4.24. The molecule has 104 valence electrons. The molecule has 0 aliphatic rings. The van der Waals surface area contributed by atoms with E-state index in [0.29, 0.717) is 17.8 Å². The van der Waals surface area contributed by atoms with E-state index in [0.717, 1.165) is 15.7 Å². The molecule has 0 unspecified atom stereocenters. The third-order valence-electron chi connectivity index (χ3n) is 2.90. The van der Waals surface area contributed by atoms with E-state index in [1.54, 1.807) is 12.1 Å². The zero-order chi connectivity index (χ0) is 14.5. The van der Waals surface area contributed by atoms with Gasteiger partial charge in [0.2, 0.25) is 0 Å². The summed E-state index contributed by atoms with van der Waals surface area (Å²) in [7, 11) is 1.34. The first kappa shape index (κ1) is 14.4. The fraction of sp³-hybridized carbons (Fsp3) is 0.133. The standard InChI is InChI=1S/C15H15BrN2O2/c1-20-15(19)12-8-11(6-7-14(12)17)18-9-10-4-2-3-5-13(10)16/h2-8,18H,9,17H2,1H3. The molecule has 5 heteroatoms. The summed E-state index contributed by atoms with van der Waals surface area (Å²) in [6.45, 7) is 0.645. The number of nitrogens with one attached hydrogen (secondary N) is 1. The van der Waals surface area contributed by atoms with Gasteiger partial charge in [0.05, 0.1) is 12.7 Å². The second kappa shape index (κ2) is 6.43. The highest BCUT2D eigenvalue weighted by Gasteiger charge is 2.10. The summed E-state index contributed by atoms with van der Waals surface area (Å²) in [5.74, 6) is -0.438. The lowest BCUT2D eigenvalue weighted by molar-refractivity contribution is 0.0602. The Kier molecular flexibility index (Phi) is 4.63. The van der Waals surface area contributed by atoms with Gasteiger partial charge < -0.3 is 15.8 Å². The molecule has 0 saturated carbocycles. The molecular formula is C15H15BrN2O2. The Balaban J connectivity index is 2.14. The van der Waals surface area contributed by atoms with Crippen LogP contribution in [-0.4, -0.2) is 13.1 Å². The first-order valence-corrected chi connectivity index (χ1v) is 6.86. The van der Waals surface area contributed by atoms with E-state index in [4.69, 9.17) is 10.5 Å². The van der Waals surface area contributed by atoms with Gasteiger partial charge in [-0.15, -0.1) is 0 Å². The zero-order valence-electron chi connectivity index (χ0n) is 11.0. The summed E-state index contributed by atoms with van der Waals surface area (Å²) in [6, 6.07) is 13.2. The van der Waals surface area contributed by atoms with Gasteiger partial charge in [-0.3, -0.25) is 0 Å². The van der Waals surface area contributed by atoms with E-state index in [2.05, 4.69) is 21.2 Å². The second-order valence-corrected chi connectivity index (χ2v) is 5.09. The normalized spacial score (nSPS) is 10.1. The van der Waals surface area contributed by atoms with Crippen molar-refractivity contribution in [2.24, 2.45) is 0 Å². The molecule has 0 heterocycles. The smallest absolute Gasteiger partial charge is 0.340 e. The van der Waals surface area contributed by atoms with Gasteiger partial charge in [0.25, 0.3) is 0 Å². The zero-order valence-corrected chi connectivity index (χ0v) is 12.6. The average molecular weight is 335 g/mol. The van der Waals surface area contributed by atoms with Gasteiger partial charge >= 0.3 is 5.97 Å². The molecule has 4 nitrogen and oxygen atoms in total. The van der Waals surface area contributed by atoms with Gasteiger partial charge in [-0.1, -0.05) is 34.1 Å². The molecule has 2 aromatic carbocycles. The Morgan fingerprint density at radius 3 is 2.75 bits per heavy atom. The third-order valence-corrected chi connectivity index (χ3v) is 3.67. The van der Waals surface area contributed by atoms with Crippen molar-refractivity contribution in [2.45, 2.75) is 6.54 Å². The molecule has 0 saturated heterocycles. The number of methoxy groups -OCH3 is 1. The van der Waals surface area contributed by atoms with Crippen molar-refractivity contribution in [3.63, 3.8) is 0 Å². The Morgan fingerprint density at radius 1 is 1.30 bits per heavy atom. The Hall–Kier alpha value is -2.01. The minimum absolute atomic E-state index is 0.365. The molecule has 20 heavy (non-hydrogen) atoms. The largest absolute Gasteiger partial charge is 0.465 e. The SMILES string of the molecule is COC(=O)c1cc(NCc2ccccc2Br)ccc1N. The lowest BCUT2D eigenvalue weighted by Crippen LogP contribution is -2.07. The number of hydrogen-bond donors (Lipinski definition) is 2. The molecule has 0 bridgehead atoms. The number of esters is 1. The van der Waals surface area contributed by atoms with Gasteiger partial charge in [-0.25, -0.2) is 4.79 Å². The van der Waals surface area contributed by atoms with E-state index >= 15 is 0 Å². The molecule has 0 aliphatic carbocycles. The van der Waals surface area contributed by atoms with Crippen molar-refractivity contribution in [2.75, 3.05) is 18.2 Å². The van der Waals surface area contributed by atoms with Gasteiger partial charge in [0.15, 0.2) is 0 Å². The minimum atomic E-state index is -0.438. The van der Waals surface area contributed by atoms with Crippen LogP contribution < -0.4 is 11.1 Å². The Labute approximate surface area is 126 Å². The predicted octanol–water partition coefficient (Wildman–Crippen LogP) is 3.43. The van der Waals surface area contributed by atoms with Crippen molar-refractivity contribution < 1.29 is 9.53 Å². The van der Waals surface area contributed by atoms with Gasteiger partial charge in [0.1, 0.15) is 0 Å². The maximum absolute atomic E-state index is 11.6. The molecule has 0 aromatic heterocycles. The van der Waals surface area contributed by atoms with Gasteiger partial charge in [0, 0.05) is 22.4 Å². The summed E-state index contributed by atoms with van der Waals surface area (Å²) >= 11 is 3.50. The van der Waals surface area contributed by atoms with Crippen LogP contribution in [0.3, 0.4) is 0 Å². The highest BCUT2D eigenvalue weighted by Crippen LogP contribution is 2.21. The number of halogens is 1. The number of carbonyl (C=O) groups excluding carboxylic acids is 1. The molecule has 0 spiro atoms. The number of nitrogen functional groups attached to an aromatic ring is 1. The molecule has 0 fully saturated rings. The fourth-order valence-corrected chi connectivity index (χ4v) is 2.22. The van der Waals surface area contributed by atoms with Crippen LogP contribution in [0.4, 0.5) is 11.4 Å². The maximum atomic E-state index is 11.6. The summed E-state index contributed by atoms with van der Waals surface area (Å²) in [4.78, 5) is 11.6. The summed E-state index contributed by atoms with van der Waals surface area (Å²) < 4.78 is 5.74. The van der Waals surface area contributed by atoms with E-state index in [9.17, 15) is 4.79 Å². The first-order valence-electron chi connectivity index (χ1n) is 6.07. The quantitative estimate of drug-likeness (QED) is 0.664. The number of hydrogen-bond acceptors (Lipinski definition) is 4. The lowest BCUT2D eigenvalue weighted by Gasteiger charge is -2.10. The maximum Gasteiger partial charge on any atom is 0.340 e. The Morgan fingerprint density at radius 2 is 2.05 bits per heavy atom. The number of rotatable bonds is 4. The van der Waals surface area contributed by atoms with Crippen molar-refractivity contribution in [3.8, 4) is 0 Å². The van der Waals surface area contributed by atoms with Crippen molar-refractivity contribution >= 4 is 33.3 Å². The van der Waals surface area contributed by atoms with Crippen LogP contribution in [0.15, 0.2) is 46.9 Å². The molecule has 2 rings (SSSR count). The lowest BCUT2D eigenvalue weighted by atomic mass is 10.1. The predicted molar refractivity (Wildman–Crippen MR) is 83.7 cm³/mol. The highest BCUT2D eigenvalue weighted by atomic mass is 79.9. The molecular weight excluding hydrogens is 320 g/mol. The van der Waals surface area contributed by atoms with E-state index < -0.39 is 5.97 Å². The van der Waals surface area contributed by atoms with Crippen LogP contribution in [0, 0.1) is 0 Å². The van der Waals surface area contributed by atoms with Crippen LogP contribution in [0.2, 0.25) is 0 Å². The van der Waals surface area contributed by atoms with Gasteiger partial charge in [-0.2, -0.15) is 0 Å². The molecule has 0 amide bonds. The third kappa shape index (κ3) is 3.30. The van der Waals surface area contributed by atoms with E-state index in [-0.39, 0.29) is 0 Å². The molecule has 2 aromatic rings. The van der Waals surface area contributed by atoms with Crippen LogP contribution in [0.25, 0.3) is 0 Å². The van der Waals surface area contributed by atoms with Crippen molar-refractivity contribution in [1.82, 2.24) is 0 Å². The van der Waals surface area contributed by atoms with Crippen LogP contribution >= 0.6 is 15.9 Å².